The number of nitrogens with zero attached hydrogens (tertiary/aromatic N) is 5. The van der Waals surface area contributed by atoms with Gasteiger partial charge in [-0.1, -0.05) is 28.6 Å². The topological polar surface area (TPSA) is 111 Å². The van der Waals surface area contributed by atoms with Gasteiger partial charge in [0.2, 0.25) is 5.88 Å². The van der Waals surface area contributed by atoms with E-state index in [4.69, 9.17) is 9.57 Å². The number of rotatable bonds is 9. The normalized spacial score (nSPS) is 13.6. The summed E-state index contributed by atoms with van der Waals surface area (Å²) in [6, 6.07) is 13.0. The number of hydrogen-bond acceptors (Lipinski definition) is 10. The van der Waals surface area contributed by atoms with Crippen molar-refractivity contribution in [3.05, 3.63) is 66.2 Å². The van der Waals surface area contributed by atoms with E-state index < -0.39 is 5.91 Å². The largest absolute Gasteiger partial charge is 0.481 e. The number of carbonyl (C=O) groups excluding carboxylic acids is 1. The van der Waals surface area contributed by atoms with Crippen molar-refractivity contribution in [3.63, 3.8) is 0 Å². The molecule has 3 aromatic heterocycles. The lowest BCUT2D eigenvalue weighted by atomic mass is 10.1. The van der Waals surface area contributed by atoms with Gasteiger partial charge in [0.25, 0.3) is 5.91 Å². The van der Waals surface area contributed by atoms with Crippen molar-refractivity contribution in [2.45, 2.75) is 29.6 Å². The average molecular weight is 493 g/mol. The molecule has 1 N–H and O–H groups in total. The quantitative estimate of drug-likeness (QED) is 0.272. The maximum Gasteiger partial charge on any atom is 0.280 e. The average Bonchev–Trinajstić information content (AvgIpc) is 3.59. The van der Waals surface area contributed by atoms with Gasteiger partial charge in [0, 0.05) is 34.2 Å². The van der Waals surface area contributed by atoms with E-state index in [1.165, 1.54) is 24.2 Å². The fraction of sp³-hybridized carbons (Fsp3) is 0.217. The Morgan fingerprint density at radius 3 is 2.68 bits per heavy atom. The second-order valence-corrected chi connectivity index (χ2v) is 9.72. The van der Waals surface area contributed by atoms with Gasteiger partial charge in [-0.2, -0.15) is 0 Å². The van der Waals surface area contributed by atoms with Crippen LogP contribution in [0.25, 0.3) is 10.3 Å². The first-order valence-electron chi connectivity index (χ1n) is 10.5. The van der Waals surface area contributed by atoms with Crippen LogP contribution in [0.15, 0.2) is 64.9 Å². The lowest BCUT2D eigenvalue weighted by molar-refractivity contribution is -0.110. The van der Waals surface area contributed by atoms with Gasteiger partial charge in [-0.15, -0.1) is 11.8 Å². The highest BCUT2D eigenvalue weighted by Crippen LogP contribution is 2.39. The van der Waals surface area contributed by atoms with Crippen molar-refractivity contribution in [2.24, 2.45) is 5.16 Å². The number of nitrogens with one attached hydrogen (secondary N) is 1. The highest BCUT2D eigenvalue weighted by Gasteiger charge is 2.23. The standard InChI is InChI=1S/C23H20N6O3S2/c1-31-19-10-9-17-22(27-19)34-23(26-17)28-21(30)20(29-32-13-18-24-11-2-12-25-18)14-3-5-15(6-4-14)33-16-7-8-16/h2-6,9-12,16H,7-8,13H2,1H3,(H,26,28,30)/b29-20+. The Balaban J connectivity index is 1.37. The van der Waals surface area contributed by atoms with Crippen LogP contribution < -0.4 is 10.1 Å². The Kier molecular flexibility index (Phi) is 6.63. The van der Waals surface area contributed by atoms with Crippen molar-refractivity contribution in [1.29, 1.82) is 0 Å². The number of ether oxygens (including phenoxy) is 1. The molecule has 34 heavy (non-hydrogen) atoms. The maximum absolute atomic E-state index is 13.2. The molecule has 1 amide bonds. The van der Waals surface area contributed by atoms with E-state index in [9.17, 15) is 4.79 Å². The van der Waals surface area contributed by atoms with E-state index in [2.05, 4.69) is 30.4 Å². The molecule has 1 saturated carbocycles. The summed E-state index contributed by atoms with van der Waals surface area (Å²) in [6.07, 6.45) is 5.74. The lowest BCUT2D eigenvalue weighted by Gasteiger charge is -2.08. The summed E-state index contributed by atoms with van der Waals surface area (Å²) in [6.45, 7) is 0.0398. The molecule has 1 fully saturated rings. The number of benzene rings is 1. The van der Waals surface area contributed by atoms with E-state index in [1.54, 1.807) is 37.7 Å². The number of carbonyl (C=O) groups is 1. The predicted octanol–water partition coefficient (Wildman–Crippen LogP) is 4.30. The van der Waals surface area contributed by atoms with E-state index in [1.807, 2.05) is 36.0 Å². The smallest absolute Gasteiger partial charge is 0.280 e. The summed E-state index contributed by atoms with van der Waals surface area (Å²) >= 11 is 3.10. The van der Waals surface area contributed by atoms with E-state index in [-0.39, 0.29) is 12.3 Å². The zero-order valence-electron chi connectivity index (χ0n) is 18.2. The fourth-order valence-corrected chi connectivity index (χ4v) is 4.85. The molecule has 0 bridgehead atoms. The Hall–Kier alpha value is -3.57. The van der Waals surface area contributed by atoms with Gasteiger partial charge in [-0.05, 0) is 37.1 Å². The third-order valence-corrected chi connectivity index (χ3v) is 7.03. The number of methoxy groups -OCH3 is 1. The van der Waals surface area contributed by atoms with Crippen LogP contribution in [-0.4, -0.2) is 43.9 Å². The Bertz CT molecular complexity index is 1320. The molecule has 1 aromatic carbocycles. The number of thiazole rings is 1. The van der Waals surface area contributed by atoms with E-state index in [0.717, 1.165) is 4.90 Å². The molecular weight excluding hydrogens is 472 g/mol. The third-order valence-electron chi connectivity index (χ3n) is 4.80. The first kappa shape index (κ1) is 22.2. The summed E-state index contributed by atoms with van der Waals surface area (Å²) in [5.74, 6) is 0.507. The van der Waals surface area contributed by atoms with E-state index in [0.29, 0.717) is 38.0 Å². The first-order valence-corrected chi connectivity index (χ1v) is 12.2. The monoisotopic (exact) mass is 492 g/mol. The Labute approximate surface area is 203 Å². The summed E-state index contributed by atoms with van der Waals surface area (Å²) in [4.78, 5) is 37.5. The molecule has 3 heterocycles. The van der Waals surface area contributed by atoms with Crippen LogP contribution in [0.3, 0.4) is 0 Å². The maximum atomic E-state index is 13.2. The second kappa shape index (κ2) is 10.1. The number of fused-ring (bicyclic) bond motifs is 1. The number of amides is 1. The molecule has 9 nitrogen and oxygen atoms in total. The highest BCUT2D eigenvalue weighted by atomic mass is 32.2. The number of oxime groups is 1. The molecule has 5 rings (SSSR count). The molecule has 0 unspecified atom stereocenters. The van der Waals surface area contributed by atoms with Crippen LogP contribution in [0.2, 0.25) is 0 Å². The van der Waals surface area contributed by atoms with Gasteiger partial charge < -0.3 is 9.57 Å². The fourth-order valence-electron chi connectivity index (χ4n) is 2.98. The Morgan fingerprint density at radius 1 is 1.15 bits per heavy atom. The van der Waals surface area contributed by atoms with Gasteiger partial charge in [0.05, 0.1) is 7.11 Å². The van der Waals surface area contributed by atoms with Gasteiger partial charge in [-0.3, -0.25) is 10.1 Å². The molecule has 0 saturated heterocycles. The lowest BCUT2D eigenvalue weighted by Crippen LogP contribution is -2.24. The first-order chi connectivity index (χ1) is 16.7. The molecule has 1 aliphatic rings. The summed E-state index contributed by atoms with van der Waals surface area (Å²) in [5.41, 5.74) is 1.43. The van der Waals surface area contributed by atoms with Crippen LogP contribution in [-0.2, 0) is 16.2 Å². The van der Waals surface area contributed by atoms with Crippen LogP contribution in [0.1, 0.15) is 24.2 Å². The van der Waals surface area contributed by atoms with Crippen LogP contribution >= 0.6 is 23.1 Å². The van der Waals surface area contributed by atoms with Crippen molar-refractivity contribution < 1.29 is 14.4 Å². The molecule has 11 heteroatoms. The third kappa shape index (κ3) is 5.49. The zero-order chi connectivity index (χ0) is 23.3. The van der Waals surface area contributed by atoms with Crippen molar-refractivity contribution in [1.82, 2.24) is 19.9 Å². The summed E-state index contributed by atoms with van der Waals surface area (Å²) in [7, 11) is 1.55. The van der Waals surface area contributed by atoms with Crippen LogP contribution in [0.5, 0.6) is 5.88 Å². The van der Waals surface area contributed by atoms with Gasteiger partial charge in [-0.25, -0.2) is 19.9 Å². The Morgan fingerprint density at radius 2 is 1.94 bits per heavy atom. The van der Waals surface area contributed by atoms with Crippen LogP contribution in [0, 0.1) is 0 Å². The van der Waals surface area contributed by atoms with Crippen molar-refractivity contribution in [2.75, 3.05) is 12.4 Å². The predicted molar refractivity (Wildman–Crippen MR) is 131 cm³/mol. The number of thioether (sulfide) groups is 1. The SMILES string of the molecule is COc1ccc2nc(NC(=O)/C(=N/OCc3ncccn3)c3ccc(SC4CC4)cc3)sc2n1. The number of pyridine rings is 1. The van der Waals surface area contributed by atoms with E-state index >= 15 is 0 Å². The minimum absolute atomic E-state index is 0.0398. The minimum Gasteiger partial charge on any atom is -0.481 e. The summed E-state index contributed by atoms with van der Waals surface area (Å²) in [5, 5.41) is 8.04. The number of aromatic nitrogens is 4. The summed E-state index contributed by atoms with van der Waals surface area (Å²) < 4.78 is 5.16. The number of hydrogen-bond donors (Lipinski definition) is 1. The van der Waals surface area contributed by atoms with Crippen molar-refractivity contribution in [3.8, 4) is 5.88 Å². The molecule has 172 valence electrons. The number of anilines is 1. The minimum atomic E-state index is -0.442. The van der Waals surface area contributed by atoms with Gasteiger partial charge in [0.1, 0.15) is 10.3 Å². The molecule has 0 aliphatic heterocycles. The molecule has 0 radical (unpaired) electrons. The molecule has 0 atom stereocenters. The molecule has 4 aromatic rings. The van der Waals surface area contributed by atoms with Crippen molar-refractivity contribution >= 4 is 50.2 Å². The molecular formula is C23H20N6O3S2. The molecule has 1 aliphatic carbocycles. The second-order valence-electron chi connectivity index (χ2n) is 7.37. The van der Waals surface area contributed by atoms with Gasteiger partial charge in [0.15, 0.2) is 23.3 Å². The van der Waals surface area contributed by atoms with Crippen LogP contribution in [0.4, 0.5) is 5.13 Å². The molecule has 0 spiro atoms. The zero-order valence-corrected chi connectivity index (χ0v) is 19.8. The highest BCUT2D eigenvalue weighted by molar-refractivity contribution is 8.00. The van der Waals surface area contributed by atoms with Gasteiger partial charge >= 0.3 is 0 Å².